The van der Waals surface area contributed by atoms with E-state index in [9.17, 15) is 45.5 Å². The number of nitrogens with two attached hydrogens (primary N) is 1. The maximum absolute atomic E-state index is 13.7. The van der Waals surface area contributed by atoms with Gasteiger partial charge in [-0.1, -0.05) is 26.2 Å². The third-order valence-electron chi connectivity index (χ3n) is 8.00. The number of halogens is 6. The standard InChI is InChI=1S/C20H21F3N2O3.C19H20F3N3O3/c1-2-3-4-7-16(25-20(27)13-6-5-10-24-11-13)17(26)12-28-19-15(22)9-8-14(21)18(19)23;20-13-6-7-14(21)18(17(13)22)28-11-16(26)15(5-1-2-8-23)25-19(27)12-4-3-9-24-10-12/h5-6,8-11,16H,2-4,7,12H2,1H3,(H,25,27);3-4,6-7,9-10,15H,1-2,5,8,11,23H2,(H,25,27)/t16-;15-/m00/s1. The quantitative estimate of drug-likeness (QED) is 0.0538. The Bertz CT molecular complexity index is 1770. The van der Waals surface area contributed by atoms with Gasteiger partial charge in [0.15, 0.2) is 46.3 Å². The lowest BCUT2D eigenvalue weighted by atomic mass is 10.0. The predicted molar refractivity (Wildman–Crippen MR) is 192 cm³/mol. The van der Waals surface area contributed by atoms with E-state index in [1.807, 2.05) is 6.92 Å². The first kappa shape index (κ1) is 44.6. The summed E-state index contributed by atoms with van der Waals surface area (Å²) in [5.74, 6) is -12.0. The Morgan fingerprint density at radius 2 is 1.04 bits per heavy atom. The topological polar surface area (TPSA) is 163 Å². The molecular formula is C39H41F6N5O6. The van der Waals surface area contributed by atoms with Crippen molar-refractivity contribution in [2.24, 2.45) is 5.73 Å². The van der Waals surface area contributed by atoms with Gasteiger partial charge < -0.3 is 25.8 Å². The second-order valence-corrected chi connectivity index (χ2v) is 12.2. The Morgan fingerprint density at radius 1 is 0.625 bits per heavy atom. The predicted octanol–water partition coefficient (Wildman–Crippen LogP) is 6.20. The number of rotatable bonds is 20. The molecule has 11 nitrogen and oxygen atoms in total. The molecular weight excluding hydrogens is 748 g/mol. The largest absolute Gasteiger partial charge is 0.480 e. The van der Waals surface area contributed by atoms with Gasteiger partial charge in [0.1, 0.15) is 13.2 Å². The highest BCUT2D eigenvalue weighted by Gasteiger charge is 2.25. The molecule has 2 heterocycles. The van der Waals surface area contributed by atoms with Crippen molar-refractivity contribution in [3.8, 4) is 11.5 Å². The molecule has 0 aliphatic rings. The summed E-state index contributed by atoms with van der Waals surface area (Å²) in [5.41, 5.74) is 5.97. The Morgan fingerprint density at radius 3 is 1.41 bits per heavy atom. The summed E-state index contributed by atoms with van der Waals surface area (Å²) in [6.45, 7) is 0.955. The van der Waals surface area contributed by atoms with Crippen LogP contribution in [0.2, 0.25) is 0 Å². The SMILES string of the molecule is CCCCC[C@H](NC(=O)c1cccnc1)C(=O)COc1c(F)ccc(F)c1F.NCCCC[C@H](NC(=O)c1cccnc1)C(=O)COc1c(F)ccc(F)c1F. The fraction of sp³-hybridized carbons (Fsp3) is 0.333. The Kier molecular flexibility index (Phi) is 18.4. The van der Waals surface area contributed by atoms with Gasteiger partial charge in [0.25, 0.3) is 11.8 Å². The number of hydrogen-bond donors (Lipinski definition) is 3. The number of aromatic nitrogens is 2. The summed E-state index contributed by atoms with van der Waals surface area (Å²) >= 11 is 0. The molecule has 4 rings (SSSR count). The second-order valence-electron chi connectivity index (χ2n) is 12.2. The Balaban J connectivity index is 0.000000300. The van der Waals surface area contributed by atoms with Crippen LogP contribution in [0.15, 0.2) is 73.3 Å². The van der Waals surface area contributed by atoms with E-state index in [0.29, 0.717) is 56.5 Å². The normalized spacial score (nSPS) is 11.7. The van der Waals surface area contributed by atoms with Crippen LogP contribution in [0.5, 0.6) is 11.5 Å². The summed E-state index contributed by atoms with van der Waals surface area (Å²) in [6.07, 6.45) is 9.91. The van der Waals surface area contributed by atoms with Crippen molar-refractivity contribution in [3.63, 3.8) is 0 Å². The third kappa shape index (κ3) is 13.8. The van der Waals surface area contributed by atoms with Crippen LogP contribution in [-0.4, -0.2) is 65.2 Å². The van der Waals surface area contributed by atoms with E-state index in [4.69, 9.17) is 15.2 Å². The van der Waals surface area contributed by atoms with Crippen LogP contribution in [0.4, 0.5) is 26.3 Å². The minimum atomic E-state index is -1.52. The average Bonchev–Trinajstić information content (AvgIpc) is 3.20. The smallest absolute Gasteiger partial charge is 0.253 e. The number of hydrogen-bond acceptors (Lipinski definition) is 9. The number of pyridine rings is 2. The van der Waals surface area contributed by atoms with Crippen LogP contribution in [-0.2, 0) is 9.59 Å². The molecule has 4 aromatic rings. The van der Waals surface area contributed by atoms with Gasteiger partial charge >= 0.3 is 0 Å². The van der Waals surface area contributed by atoms with Crippen molar-refractivity contribution in [1.82, 2.24) is 20.6 Å². The first-order chi connectivity index (χ1) is 26.9. The number of unbranched alkanes of at least 4 members (excludes halogenated alkanes) is 3. The molecule has 0 fully saturated rings. The summed E-state index contributed by atoms with van der Waals surface area (Å²) in [4.78, 5) is 57.2. The third-order valence-corrected chi connectivity index (χ3v) is 8.00. The molecule has 0 saturated carbocycles. The van der Waals surface area contributed by atoms with Gasteiger partial charge in [0, 0.05) is 24.8 Å². The maximum Gasteiger partial charge on any atom is 0.253 e. The minimum Gasteiger partial charge on any atom is -0.480 e. The van der Waals surface area contributed by atoms with E-state index < -0.39 is 95.1 Å². The van der Waals surface area contributed by atoms with E-state index in [1.54, 1.807) is 18.2 Å². The van der Waals surface area contributed by atoms with Crippen molar-refractivity contribution in [3.05, 3.63) is 119 Å². The lowest BCUT2D eigenvalue weighted by molar-refractivity contribution is -0.123. The number of ether oxygens (including phenoxy) is 2. The molecule has 2 aromatic heterocycles. The number of nitrogens with zero attached hydrogens (tertiary/aromatic N) is 2. The molecule has 2 amide bonds. The molecule has 0 saturated heterocycles. The number of ketones is 2. The van der Waals surface area contributed by atoms with E-state index in [-0.39, 0.29) is 17.5 Å². The fourth-order valence-electron chi connectivity index (χ4n) is 4.97. The van der Waals surface area contributed by atoms with Gasteiger partial charge in [-0.05, 0) is 80.8 Å². The number of carbonyl (C=O) groups excluding carboxylic acids is 4. The highest BCUT2D eigenvalue weighted by atomic mass is 19.2. The average molecular weight is 790 g/mol. The van der Waals surface area contributed by atoms with E-state index in [0.717, 1.165) is 12.8 Å². The fourth-order valence-corrected chi connectivity index (χ4v) is 4.97. The first-order valence-corrected chi connectivity index (χ1v) is 17.6. The number of Topliss-reactive ketones (excluding diaryl/α,β-unsaturated/α-hetero) is 2. The first-order valence-electron chi connectivity index (χ1n) is 17.6. The lowest BCUT2D eigenvalue weighted by Crippen LogP contribution is -2.43. The Hall–Kier alpha value is -5.84. The maximum atomic E-state index is 13.7. The molecule has 0 aliphatic carbocycles. The minimum absolute atomic E-state index is 0.252. The van der Waals surface area contributed by atoms with Crippen molar-refractivity contribution < 1.29 is 55.0 Å². The van der Waals surface area contributed by atoms with Gasteiger partial charge in [-0.3, -0.25) is 29.1 Å². The molecule has 2 atom stereocenters. The van der Waals surface area contributed by atoms with Gasteiger partial charge in [0.05, 0.1) is 23.2 Å². The zero-order chi connectivity index (χ0) is 41.0. The van der Waals surface area contributed by atoms with Crippen LogP contribution >= 0.6 is 0 Å². The molecule has 2 aromatic carbocycles. The molecule has 56 heavy (non-hydrogen) atoms. The summed E-state index contributed by atoms with van der Waals surface area (Å²) < 4.78 is 90.8. The number of carbonyl (C=O) groups is 4. The lowest BCUT2D eigenvalue weighted by Gasteiger charge is -2.18. The highest BCUT2D eigenvalue weighted by Crippen LogP contribution is 2.25. The Labute approximate surface area is 319 Å². The molecule has 17 heteroatoms. The molecule has 0 unspecified atom stereocenters. The summed E-state index contributed by atoms with van der Waals surface area (Å²) in [7, 11) is 0. The van der Waals surface area contributed by atoms with E-state index in [2.05, 4.69) is 20.6 Å². The van der Waals surface area contributed by atoms with Crippen LogP contribution < -0.4 is 25.8 Å². The summed E-state index contributed by atoms with van der Waals surface area (Å²) in [5, 5.41) is 5.16. The summed E-state index contributed by atoms with van der Waals surface area (Å²) in [6, 6.07) is 7.01. The van der Waals surface area contributed by atoms with Crippen molar-refractivity contribution in [2.45, 2.75) is 64.0 Å². The van der Waals surface area contributed by atoms with Gasteiger partial charge in [-0.2, -0.15) is 8.78 Å². The molecule has 0 spiro atoms. The van der Waals surface area contributed by atoms with Gasteiger partial charge in [-0.15, -0.1) is 0 Å². The molecule has 4 N–H and O–H groups in total. The van der Waals surface area contributed by atoms with Crippen LogP contribution in [0.25, 0.3) is 0 Å². The van der Waals surface area contributed by atoms with Crippen molar-refractivity contribution >= 4 is 23.4 Å². The molecule has 300 valence electrons. The van der Waals surface area contributed by atoms with Gasteiger partial charge in [-0.25, -0.2) is 17.6 Å². The van der Waals surface area contributed by atoms with E-state index in [1.165, 1.54) is 30.9 Å². The number of amides is 2. The van der Waals surface area contributed by atoms with Crippen LogP contribution in [0, 0.1) is 34.9 Å². The zero-order valence-corrected chi connectivity index (χ0v) is 30.3. The monoisotopic (exact) mass is 789 g/mol. The van der Waals surface area contributed by atoms with Crippen LogP contribution in [0.3, 0.4) is 0 Å². The van der Waals surface area contributed by atoms with Crippen molar-refractivity contribution in [1.29, 1.82) is 0 Å². The molecule has 0 bridgehead atoms. The van der Waals surface area contributed by atoms with Gasteiger partial charge in [0.2, 0.25) is 11.6 Å². The number of nitrogens with one attached hydrogen (secondary N) is 2. The number of benzene rings is 2. The molecule has 0 aliphatic heterocycles. The molecule has 0 radical (unpaired) electrons. The second kappa shape index (κ2) is 23.2. The van der Waals surface area contributed by atoms with Crippen molar-refractivity contribution in [2.75, 3.05) is 19.8 Å². The zero-order valence-electron chi connectivity index (χ0n) is 30.3. The highest BCUT2D eigenvalue weighted by molar-refractivity contribution is 5.98. The van der Waals surface area contributed by atoms with Crippen LogP contribution in [0.1, 0.15) is 72.6 Å². The van der Waals surface area contributed by atoms with E-state index >= 15 is 0 Å².